The van der Waals surface area contributed by atoms with Gasteiger partial charge in [-0.1, -0.05) is 35.4 Å². The Kier molecular flexibility index (Phi) is 3.74. The first kappa shape index (κ1) is 14.1. The maximum Gasteiger partial charge on any atom is 0.339 e. The largest absolute Gasteiger partial charge is 0.866 e. The second-order valence-electron chi connectivity index (χ2n) is 4.79. The van der Waals surface area contributed by atoms with Gasteiger partial charge in [0.05, 0.1) is 18.4 Å². The number of benzene rings is 1. The highest BCUT2D eigenvalue weighted by atomic mass is 16.5. The minimum atomic E-state index is -0.644. The number of rotatable bonds is 4. The summed E-state index contributed by atoms with van der Waals surface area (Å²) in [7, 11) is 0. The van der Waals surface area contributed by atoms with Crippen molar-refractivity contribution in [1.82, 2.24) is 9.61 Å². The van der Waals surface area contributed by atoms with Crippen LogP contribution in [0.15, 0.2) is 48.9 Å². The van der Waals surface area contributed by atoms with Crippen molar-refractivity contribution in [3.05, 3.63) is 60.0 Å². The third-order valence-electron chi connectivity index (χ3n) is 3.33. The zero-order valence-electron chi connectivity index (χ0n) is 12.1. The minimum absolute atomic E-state index is 0.0464. The summed E-state index contributed by atoms with van der Waals surface area (Å²) in [6.45, 7) is 2.44. The number of ether oxygens (including phenoxy) is 1. The van der Waals surface area contributed by atoms with Crippen molar-refractivity contribution in [2.24, 2.45) is 0 Å². The van der Waals surface area contributed by atoms with Crippen molar-refractivity contribution in [3.63, 3.8) is 0 Å². The standard InChI is InChI=1S/C16H15N3O3/c1-2-22-16(21)13-10-17-19-9-8-18(15(19)14(13)20)11-12-6-4-3-5-7-12/h3-10H,2,11H2,1H3. The topological polar surface area (TPSA) is 70.5 Å². The van der Waals surface area contributed by atoms with E-state index in [0.29, 0.717) is 12.2 Å². The molecule has 0 fully saturated rings. The molecular formula is C16H15N3O3. The zero-order valence-corrected chi connectivity index (χ0v) is 12.1. The summed E-state index contributed by atoms with van der Waals surface area (Å²) in [5.74, 6) is -1.02. The molecule has 0 spiro atoms. The lowest BCUT2D eigenvalue weighted by Gasteiger charge is -2.10. The van der Waals surface area contributed by atoms with E-state index in [4.69, 9.17) is 4.74 Å². The van der Waals surface area contributed by atoms with Gasteiger partial charge in [0.25, 0.3) is 5.65 Å². The second-order valence-corrected chi connectivity index (χ2v) is 4.79. The van der Waals surface area contributed by atoms with Gasteiger partial charge in [-0.25, -0.2) is 9.36 Å². The van der Waals surface area contributed by atoms with Gasteiger partial charge >= 0.3 is 5.97 Å². The van der Waals surface area contributed by atoms with Crippen LogP contribution in [0.2, 0.25) is 0 Å². The third-order valence-corrected chi connectivity index (χ3v) is 3.33. The zero-order chi connectivity index (χ0) is 15.5. The molecule has 6 heteroatoms. The molecule has 0 aliphatic rings. The number of aromatic nitrogens is 3. The van der Waals surface area contributed by atoms with Gasteiger partial charge in [0.15, 0.2) is 6.20 Å². The summed E-state index contributed by atoms with van der Waals surface area (Å²) in [4.78, 5) is 11.8. The summed E-state index contributed by atoms with van der Waals surface area (Å²) < 4.78 is 8.13. The number of esters is 1. The van der Waals surface area contributed by atoms with Crippen LogP contribution in [0.25, 0.3) is 5.65 Å². The lowest BCUT2D eigenvalue weighted by atomic mass is 10.2. The lowest BCUT2D eigenvalue weighted by Crippen LogP contribution is -2.34. The van der Waals surface area contributed by atoms with E-state index in [2.05, 4.69) is 5.10 Å². The quantitative estimate of drug-likeness (QED) is 0.530. The predicted molar refractivity (Wildman–Crippen MR) is 76.3 cm³/mol. The molecule has 2 heterocycles. The maximum atomic E-state index is 12.5. The monoisotopic (exact) mass is 297 g/mol. The predicted octanol–water partition coefficient (Wildman–Crippen LogP) is 0.920. The van der Waals surface area contributed by atoms with Crippen LogP contribution in [-0.2, 0) is 11.3 Å². The molecule has 3 aromatic rings. The molecule has 0 atom stereocenters. The van der Waals surface area contributed by atoms with Gasteiger partial charge in [-0.05, 0) is 12.5 Å². The first-order valence-electron chi connectivity index (χ1n) is 6.98. The van der Waals surface area contributed by atoms with Crippen molar-refractivity contribution < 1.29 is 19.2 Å². The summed E-state index contributed by atoms with van der Waals surface area (Å²) in [6, 6.07) is 9.77. The number of hydrogen-bond acceptors (Lipinski definition) is 4. The molecule has 0 amide bonds. The number of nitrogens with zero attached hydrogens (tertiary/aromatic N) is 3. The Labute approximate surface area is 127 Å². The van der Waals surface area contributed by atoms with Gasteiger partial charge in [-0.15, -0.1) is 4.52 Å². The number of imidazole rings is 1. The first-order chi connectivity index (χ1) is 10.7. The Bertz CT molecular complexity index is 812. The van der Waals surface area contributed by atoms with Crippen LogP contribution in [-0.4, -0.2) is 22.2 Å². The molecule has 22 heavy (non-hydrogen) atoms. The average molecular weight is 297 g/mol. The normalized spacial score (nSPS) is 10.8. The molecule has 0 unspecified atom stereocenters. The lowest BCUT2D eigenvalue weighted by molar-refractivity contribution is -0.663. The van der Waals surface area contributed by atoms with Gasteiger partial charge in [-0.2, -0.15) is 0 Å². The van der Waals surface area contributed by atoms with Crippen LogP contribution in [0.5, 0.6) is 5.75 Å². The number of fused-ring (bicyclic) bond motifs is 1. The summed E-state index contributed by atoms with van der Waals surface area (Å²) >= 11 is 0. The van der Waals surface area contributed by atoms with Crippen molar-refractivity contribution in [3.8, 4) is 5.75 Å². The summed E-state index contributed by atoms with van der Waals surface area (Å²) in [5, 5.41) is 16.6. The molecule has 0 bridgehead atoms. The van der Waals surface area contributed by atoms with Crippen LogP contribution in [0, 0.1) is 0 Å². The Balaban J connectivity index is 2.05. The highest BCUT2D eigenvalue weighted by Crippen LogP contribution is 2.18. The number of hydrogen-bond donors (Lipinski definition) is 0. The highest BCUT2D eigenvalue weighted by Gasteiger charge is 2.18. The first-order valence-corrected chi connectivity index (χ1v) is 6.98. The van der Waals surface area contributed by atoms with E-state index in [1.807, 2.05) is 30.3 Å². The molecular weight excluding hydrogens is 282 g/mol. The molecule has 0 saturated heterocycles. The molecule has 6 nitrogen and oxygen atoms in total. The van der Waals surface area contributed by atoms with Crippen LogP contribution in [0.3, 0.4) is 0 Å². The van der Waals surface area contributed by atoms with Crippen molar-refractivity contribution in [2.45, 2.75) is 13.5 Å². The second kappa shape index (κ2) is 5.85. The smallest absolute Gasteiger partial charge is 0.339 e. The van der Waals surface area contributed by atoms with Crippen molar-refractivity contribution in [2.75, 3.05) is 6.61 Å². The molecule has 0 aliphatic heterocycles. The third kappa shape index (κ3) is 2.50. The molecule has 0 N–H and O–H groups in total. The highest BCUT2D eigenvalue weighted by molar-refractivity contribution is 5.93. The van der Waals surface area contributed by atoms with Crippen LogP contribution >= 0.6 is 0 Å². The Morgan fingerprint density at radius 1 is 1.36 bits per heavy atom. The fraction of sp³-hybridized carbons (Fsp3) is 0.188. The SMILES string of the molecule is CCOC(=O)c1cnn2cc[n+](Cc3ccccc3)c2c1[O-]. The van der Waals surface area contributed by atoms with Crippen LogP contribution < -0.4 is 9.67 Å². The van der Waals surface area contributed by atoms with Gasteiger partial charge in [0.2, 0.25) is 0 Å². The summed E-state index contributed by atoms with van der Waals surface area (Å²) in [5.41, 5.74) is 1.35. The molecule has 0 saturated carbocycles. The van der Waals surface area contributed by atoms with Gasteiger partial charge in [0.1, 0.15) is 12.7 Å². The van der Waals surface area contributed by atoms with E-state index in [1.54, 1.807) is 23.9 Å². The summed E-state index contributed by atoms with van der Waals surface area (Å²) in [6.07, 6.45) is 4.71. The number of carbonyl (C=O) groups excluding carboxylic acids is 1. The van der Waals surface area contributed by atoms with Crippen LogP contribution in [0.4, 0.5) is 0 Å². The Hall–Kier alpha value is -2.89. The van der Waals surface area contributed by atoms with E-state index in [-0.39, 0.29) is 17.9 Å². The Morgan fingerprint density at radius 3 is 2.86 bits per heavy atom. The average Bonchev–Trinajstić information content (AvgIpc) is 2.93. The molecule has 3 rings (SSSR count). The van der Waals surface area contributed by atoms with Gasteiger partial charge in [0, 0.05) is 5.75 Å². The van der Waals surface area contributed by atoms with Crippen LogP contribution in [0.1, 0.15) is 22.8 Å². The maximum absolute atomic E-state index is 12.5. The molecule has 1 aromatic carbocycles. The van der Waals surface area contributed by atoms with E-state index in [0.717, 1.165) is 5.56 Å². The van der Waals surface area contributed by atoms with Crippen molar-refractivity contribution in [1.29, 1.82) is 0 Å². The van der Waals surface area contributed by atoms with Gasteiger partial charge < -0.3 is 9.84 Å². The minimum Gasteiger partial charge on any atom is -0.866 e. The van der Waals surface area contributed by atoms with E-state index < -0.39 is 5.97 Å². The number of carbonyl (C=O) groups is 1. The fourth-order valence-corrected chi connectivity index (χ4v) is 2.31. The Morgan fingerprint density at radius 2 is 2.14 bits per heavy atom. The molecule has 0 radical (unpaired) electrons. The van der Waals surface area contributed by atoms with E-state index in [9.17, 15) is 9.90 Å². The van der Waals surface area contributed by atoms with E-state index >= 15 is 0 Å². The molecule has 2 aromatic heterocycles. The fourth-order valence-electron chi connectivity index (χ4n) is 2.31. The van der Waals surface area contributed by atoms with Crippen molar-refractivity contribution >= 4 is 11.6 Å². The van der Waals surface area contributed by atoms with E-state index in [1.165, 1.54) is 10.7 Å². The molecule has 0 aliphatic carbocycles. The van der Waals surface area contributed by atoms with Gasteiger partial charge in [-0.3, -0.25) is 0 Å². The molecule has 112 valence electrons.